The van der Waals surface area contributed by atoms with Crippen molar-refractivity contribution in [1.29, 1.82) is 0 Å². The van der Waals surface area contributed by atoms with E-state index in [2.05, 4.69) is 19.1 Å². The van der Waals surface area contributed by atoms with Crippen LogP contribution in [0.1, 0.15) is 91.4 Å². The molecule has 0 aliphatic heterocycles. The topological polar surface area (TPSA) is 60.7 Å². The molecule has 0 spiro atoms. The highest BCUT2D eigenvalue weighted by atomic mass is 16.3. The molecule has 3 N–H and O–H groups in total. The van der Waals surface area contributed by atoms with Gasteiger partial charge >= 0.3 is 0 Å². The van der Waals surface area contributed by atoms with Crippen LogP contribution in [0.25, 0.3) is 0 Å². The lowest BCUT2D eigenvalue weighted by Gasteiger charge is -2.34. The minimum atomic E-state index is -0.535. The van der Waals surface area contributed by atoms with Crippen molar-refractivity contribution in [2.24, 2.45) is 23.7 Å². The van der Waals surface area contributed by atoms with Crippen LogP contribution in [0.15, 0.2) is 23.3 Å². The second-order valence-corrected chi connectivity index (χ2v) is 10.6. The summed E-state index contributed by atoms with van der Waals surface area (Å²) < 4.78 is 0. The van der Waals surface area contributed by atoms with Crippen molar-refractivity contribution in [2.45, 2.75) is 109 Å². The fraction of sp³-hybridized carbons (Fsp3) is 0.840. The first-order valence-electron chi connectivity index (χ1n) is 11.7. The average molecular weight is 391 g/mol. The Labute approximate surface area is 171 Å². The number of aliphatic hydroxyl groups is 3. The maximum atomic E-state index is 9.97. The van der Waals surface area contributed by atoms with Crippen molar-refractivity contribution in [3.05, 3.63) is 23.3 Å². The van der Waals surface area contributed by atoms with E-state index in [0.29, 0.717) is 6.42 Å². The highest BCUT2D eigenvalue weighted by Gasteiger charge is 2.41. The predicted octanol–water partition coefficient (Wildman–Crippen LogP) is 5.15. The Hall–Kier alpha value is -0.640. The first kappa shape index (κ1) is 22.1. The summed E-state index contributed by atoms with van der Waals surface area (Å²) in [6.45, 7) is 6.27. The zero-order chi connectivity index (χ0) is 20.3. The second kappa shape index (κ2) is 9.45. The van der Waals surface area contributed by atoms with E-state index in [0.717, 1.165) is 49.4 Å². The van der Waals surface area contributed by atoms with Gasteiger partial charge in [-0.3, -0.25) is 0 Å². The van der Waals surface area contributed by atoms with E-state index in [4.69, 9.17) is 0 Å². The van der Waals surface area contributed by atoms with Crippen LogP contribution in [-0.4, -0.2) is 33.1 Å². The normalized spacial score (nSPS) is 38.0. The summed E-state index contributed by atoms with van der Waals surface area (Å²) in [7, 11) is 0. The lowest BCUT2D eigenvalue weighted by atomic mass is 9.71. The molecule has 3 nitrogen and oxygen atoms in total. The molecule has 3 aliphatic carbocycles. The average Bonchev–Trinajstić information content (AvgIpc) is 3.02. The molecule has 0 aromatic carbocycles. The van der Waals surface area contributed by atoms with E-state index in [1.54, 1.807) is 5.57 Å². The van der Waals surface area contributed by atoms with Gasteiger partial charge in [0.15, 0.2) is 0 Å². The lowest BCUT2D eigenvalue weighted by molar-refractivity contribution is 0.0608. The fourth-order valence-electron chi connectivity index (χ4n) is 6.22. The van der Waals surface area contributed by atoms with Gasteiger partial charge in [-0.2, -0.15) is 0 Å². The van der Waals surface area contributed by atoms with Gasteiger partial charge in [-0.25, -0.2) is 0 Å². The van der Waals surface area contributed by atoms with Crippen molar-refractivity contribution in [2.75, 3.05) is 0 Å². The van der Waals surface area contributed by atoms with Crippen LogP contribution in [-0.2, 0) is 0 Å². The van der Waals surface area contributed by atoms with Crippen LogP contribution in [0.5, 0.6) is 0 Å². The SMILES string of the molecule is CC(CCCC(C)(C)O)[C@H]1CC[C@H]2/C(=C/C=C3C[C@@H](O)C[C@@H](O)C3)CCCC12. The molecular weight excluding hydrogens is 348 g/mol. The molecule has 3 heteroatoms. The van der Waals surface area contributed by atoms with Crippen LogP contribution < -0.4 is 0 Å². The Balaban J connectivity index is 1.59. The van der Waals surface area contributed by atoms with Crippen molar-refractivity contribution < 1.29 is 15.3 Å². The third kappa shape index (κ3) is 5.93. The van der Waals surface area contributed by atoms with Crippen molar-refractivity contribution in [1.82, 2.24) is 0 Å². The highest BCUT2D eigenvalue weighted by Crippen LogP contribution is 2.51. The maximum Gasteiger partial charge on any atom is 0.0602 e. The Morgan fingerprint density at radius 3 is 2.46 bits per heavy atom. The van der Waals surface area contributed by atoms with Gasteiger partial charge in [0.1, 0.15) is 0 Å². The molecule has 0 aromatic heterocycles. The van der Waals surface area contributed by atoms with Gasteiger partial charge in [-0.05, 0) is 95.3 Å². The van der Waals surface area contributed by atoms with Gasteiger partial charge < -0.3 is 15.3 Å². The molecule has 3 saturated carbocycles. The molecule has 3 aliphatic rings. The number of allylic oxidation sites excluding steroid dienone is 3. The summed E-state index contributed by atoms with van der Waals surface area (Å²) in [5.74, 6) is 3.16. The molecule has 6 atom stereocenters. The van der Waals surface area contributed by atoms with Crippen LogP contribution in [0, 0.1) is 23.7 Å². The lowest BCUT2D eigenvalue weighted by Crippen LogP contribution is -2.26. The van der Waals surface area contributed by atoms with E-state index in [9.17, 15) is 15.3 Å². The van der Waals surface area contributed by atoms with Gasteiger partial charge in [0.2, 0.25) is 0 Å². The maximum absolute atomic E-state index is 9.97. The molecule has 160 valence electrons. The van der Waals surface area contributed by atoms with Gasteiger partial charge in [0.05, 0.1) is 17.8 Å². The number of rotatable bonds is 6. The zero-order valence-corrected chi connectivity index (χ0v) is 18.2. The van der Waals surface area contributed by atoms with Crippen molar-refractivity contribution in [3.63, 3.8) is 0 Å². The molecule has 2 unspecified atom stereocenters. The van der Waals surface area contributed by atoms with Crippen LogP contribution in [0.3, 0.4) is 0 Å². The Bertz CT molecular complexity index is 559. The molecule has 0 saturated heterocycles. The quantitative estimate of drug-likeness (QED) is 0.588. The first-order valence-corrected chi connectivity index (χ1v) is 11.7. The minimum Gasteiger partial charge on any atom is -0.393 e. The second-order valence-electron chi connectivity index (χ2n) is 10.6. The van der Waals surface area contributed by atoms with E-state index < -0.39 is 5.60 Å². The molecule has 3 rings (SSSR count). The monoisotopic (exact) mass is 390 g/mol. The molecule has 28 heavy (non-hydrogen) atoms. The van der Waals surface area contributed by atoms with Crippen LogP contribution in [0.2, 0.25) is 0 Å². The zero-order valence-electron chi connectivity index (χ0n) is 18.2. The summed E-state index contributed by atoms with van der Waals surface area (Å²) in [4.78, 5) is 0. The molecule has 0 aromatic rings. The molecule has 3 fully saturated rings. The standard InChI is InChI=1S/C25H42O3/c1-17(6-5-13-25(2,3)28)22-11-12-23-19(7-4-8-24(22)23)10-9-18-14-20(26)16-21(27)15-18/h9-10,17,20-24,26-28H,4-8,11-16H2,1-3H3/b18-9?,19-10+/t17?,20-,21+,22-,23+,24?/m1/s1. The van der Waals surface area contributed by atoms with E-state index in [1.165, 1.54) is 44.1 Å². The van der Waals surface area contributed by atoms with E-state index in [-0.39, 0.29) is 12.2 Å². The summed E-state index contributed by atoms with van der Waals surface area (Å²) in [6, 6.07) is 0. The third-order valence-corrected chi connectivity index (χ3v) is 7.61. The van der Waals surface area contributed by atoms with Crippen molar-refractivity contribution in [3.8, 4) is 0 Å². The van der Waals surface area contributed by atoms with Gasteiger partial charge in [-0.1, -0.05) is 43.1 Å². The van der Waals surface area contributed by atoms with Crippen LogP contribution >= 0.6 is 0 Å². The molecular formula is C25H42O3. The molecule has 0 amide bonds. The third-order valence-electron chi connectivity index (χ3n) is 7.61. The van der Waals surface area contributed by atoms with E-state index in [1.807, 2.05) is 13.8 Å². The predicted molar refractivity (Wildman–Crippen MR) is 115 cm³/mol. The summed E-state index contributed by atoms with van der Waals surface area (Å²) in [5, 5.41) is 29.8. The number of hydrogen-bond donors (Lipinski definition) is 3. The number of fused-ring (bicyclic) bond motifs is 1. The van der Waals surface area contributed by atoms with Crippen molar-refractivity contribution >= 4 is 0 Å². The number of hydrogen-bond acceptors (Lipinski definition) is 3. The first-order chi connectivity index (χ1) is 13.2. The van der Waals surface area contributed by atoms with Gasteiger partial charge in [0.25, 0.3) is 0 Å². The van der Waals surface area contributed by atoms with E-state index >= 15 is 0 Å². The summed E-state index contributed by atoms with van der Waals surface area (Å²) in [5.41, 5.74) is 2.28. The van der Waals surface area contributed by atoms with Gasteiger partial charge in [0, 0.05) is 0 Å². The van der Waals surface area contributed by atoms with Gasteiger partial charge in [-0.15, -0.1) is 0 Å². The highest BCUT2D eigenvalue weighted by molar-refractivity contribution is 5.24. The number of aliphatic hydroxyl groups excluding tert-OH is 2. The largest absolute Gasteiger partial charge is 0.393 e. The fourth-order valence-corrected chi connectivity index (χ4v) is 6.22. The minimum absolute atomic E-state index is 0.381. The molecule has 0 heterocycles. The summed E-state index contributed by atoms with van der Waals surface area (Å²) in [6.07, 6.45) is 15.6. The Morgan fingerprint density at radius 2 is 1.79 bits per heavy atom. The Kier molecular flexibility index (Phi) is 7.44. The molecule has 0 radical (unpaired) electrons. The summed E-state index contributed by atoms with van der Waals surface area (Å²) >= 11 is 0. The Morgan fingerprint density at radius 1 is 1.07 bits per heavy atom. The molecule has 0 bridgehead atoms. The van der Waals surface area contributed by atoms with Crippen LogP contribution in [0.4, 0.5) is 0 Å². The smallest absolute Gasteiger partial charge is 0.0602 e.